The third-order valence-corrected chi connectivity index (χ3v) is 9.51. The summed E-state index contributed by atoms with van der Waals surface area (Å²) >= 11 is 0. The van der Waals surface area contributed by atoms with Crippen LogP contribution in [0.1, 0.15) is 83.9 Å². The lowest BCUT2D eigenvalue weighted by molar-refractivity contribution is 0.226. The van der Waals surface area contributed by atoms with Gasteiger partial charge in [-0.05, 0) is 163 Å². The fourth-order valence-electron chi connectivity index (χ4n) is 7.72. The van der Waals surface area contributed by atoms with E-state index in [9.17, 15) is 0 Å². The molecule has 0 N–H and O–H groups in total. The minimum atomic E-state index is 1.13. The first-order valence-electron chi connectivity index (χ1n) is 14.4. The SMILES string of the molecule is C=C1CCc2c1c(-c1ccc3c(c1)CCC3)c1cc3c(cc1c2CCCN1CCCCC1)CCC3. The Labute approximate surface area is 211 Å². The van der Waals surface area contributed by atoms with Crippen LogP contribution in [-0.2, 0) is 38.5 Å². The van der Waals surface area contributed by atoms with E-state index in [0.29, 0.717) is 0 Å². The Kier molecular flexibility index (Phi) is 5.58. The van der Waals surface area contributed by atoms with E-state index in [1.54, 1.807) is 38.8 Å². The maximum absolute atomic E-state index is 4.62. The van der Waals surface area contributed by atoms with Crippen LogP contribution in [0.3, 0.4) is 0 Å². The van der Waals surface area contributed by atoms with Gasteiger partial charge in [0.1, 0.15) is 0 Å². The third-order valence-electron chi connectivity index (χ3n) is 9.51. The molecule has 180 valence electrons. The fraction of sp³-hybridized carbons (Fsp3) is 0.471. The predicted octanol–water partition coefficient (Wildman–Crippen LogP) is 7.86. The number of rotatable bonds is 5. The van der Waals surface area contributed by atoms with Crippen molar-refractivity contribution >= 4 is 16.3 Å². The van der Waals surface area contributed by atoms with Crippen molar-refractivity contribution in [2.75, 3.05) is 19.6 Å². The average molecular weight is 462 g/mol. The maximum atomic E-state index is 4.62. The molecule has 1 heteroatoms. The highest BCUT2D eigenvalue weighted by Gasteiger charge is 2.28. The number of piperidine rings is 1. The molecule has 0 unspecified atom stereocenters. The van der Waals surface area contributed by atoms with Gasteiger partial charge in [0.15, 0.2) is 0 Å². The van der Waals surface area contributed by atoms with Crippen molar-refractivity contribution in [2.24, 2.45) is 0 Å². The van der Waals surface area contributed by atoms with E-state index in [1.807, 2.05) is 0 Å². The number of nitrogens with zero attached hydrogens (tertiary/aromatic N) is 1. The first-order chi connectivity index (χ1) is 17.3. The second-order valence-corrected chi connectivity index (χ2v) is 11.7. The zero-order chi connectivity index (χ0) is 23.4. The molecule has 0 atom stereocenters. The van der Waals surface area contributed by atoms with Crippen LogP contribution in [0.15, 0.2) is 36.9 Å². The van der Waals surface area contributed by atoms with E-state index in [2.05, 4.69) is 41.8 Å². The highest BCUT2D eigenvalue weighted by Crippen LogP contribution is 2.47. The summed E-state index contributed by atoms with van der Waals surface area (Å²) in [5.74, 6) is 0. The molecule has 35 heavy (non-hydrogen) atoms. The van der Waals surface area contributed by atoms with E-state index in [-0.39, 0.29) is 0 Å². The number of allylic oxidation sites excluding steroid dienone is 1. The molecule has 1 aliphatic heterocycles. The summed E-state index contributed by atoms with van der Waals surface area (Å²) in [4.78, 5) is 2.71. The first-order valence-corrected chi connectivity index (χ1v) is 14.4. The number of fused-ring (bicyclic) bond motifs is 4. The molecule has 3 aromatic rings. The quantitative estimate of drug-likeness (QED) is 0.374. The molecule has 1 heterocycles. The van der Waals surface area contributed by atoms with Crippen LogP contribution in [0.4, 0.5) is 0 Å². The Morgan fingerprint density at radius 2 is 1.37 bits per heavy atom. The summed E-state index contributed by atoms with van der Waals surface area (Å²) in [6.45, 7) is 8.49. The van der Waals surface area contributed by atoms with Crippen LogP contribution in [0, 0.1) is 0 Å². The van der Waals surface area contributed by atoms with Crippen LogP contribution in [-0.4, -0.2) is 24.5 Å². The molecule has 1 nitrogen and oxygen atoms in total. The summed E-state index contributed by atoms with van der Waals surface area (Å²) in [6, 6.07) is 12.6. The first kappa shape index (κ1) is 21.9. The molecule has 7 rings (SSSR count). The Hall–Kier alpha value is -2.38. The summed E-state index contributed by atoms with van der Waals surface area (Å²) in [6.07, 6.45) is 16.6. The van der Waals surface area contributed by atoms with Crippen molar-refractivity contribution in [3.63, 3.8) is 0 Å². The van der Waals surface area contributed by atoms with E-state index >= 15 is 0 Å². The number of hydrogen-bond donors (Lipinski definition) is 0. The van der Waals surface area contributed by atoms with Gasteiger partial charge in [-0.25, -0.2) is 0 Å². The van der Waals surface area contributed by atoms with Crippen molar-refractivity contribution in [1.29, 1.82) is 0 Å². The molecular formula is C34H39N. The van der Waals surface area contributed by atoms with Crippen LogP contribution in [0.2, 0.25) is 0 Å². The van der Waals surface area contributed by atoms with Crippen LogP contribution >= 0.6 is 0 Å². The second-order valence-electron chi connectivity index (χ2n) is 11.7. The lowest BCUT2D eigenvalue weighted by Crippen LogP contribution is -2.30. The van der Waals surface area contributed by atoms with Crippen LogP contribution in [0.5, 0.6) is 0 Å². The topological polar surface area (TPSA) is 3.24 Å². The van der Waals surface area contributed by atoms with Gasteiger partial charge in [0.05, 0.1) is 0 Å². The van der Waals surface area contributed by atoms with Gasteiger partial charge in [-0.15, -0.1) is 0 Å². The smallest absolute Gasteiger partial charge is 0.00156 e. The maximum Gasteiger partial charge on any atom is -0.00156 e. The fourth-order valence-corrected chi connectivity index (χ4v) is 7.72. The molecule has 0 amide bonds. The van der Waals surface area contributed by atoms with Gasteiger partial charge < -0.3 is 4.90 Å². The summed E-state index contributed by atoms with van der Waals surface area (Å²) < 4.78 is 0. The number of aryl methyl sites for hydroxylation is 5. The largest absolute Gasteiger partial charge is 0.303 e. The third kappa shape index (κ3) is 3.78. The molecule has 0 spiro atoms. The van der Waals surface area contributed by atoms with Gasteiger partial charge in [-0.1, -0.05) is 43.3 Å². The number of benzene rings is 3. The minimum Gasteiger partial charge on any atom is -0.303 e. The highest BCUT2D eigenvalue weighted by molar-refractivity contribution is 6.06. The van der Waals surface area contributed by atoms with Gasteiger partial charge in [-0.3, -0.25) is 0 Å². The molecule has 0 radical (unpaired) electrons. The van der Waals surface area contributed by atoms with E-state index in [1.165, 1.54) is 124 Å². The molecule has 3 aliphatic carbocycles. The Morgan fingerprint density at radius 1 is 0.657 bits per heavy atom. The minimum absolute atomic E-state index is 1.13. The molecule has 3 aromatic carbocycles. The number of hydrogen-bond acceptors (Lipinski definition) is 1. The van der Waals surface area contributed by atoms with E-state index in [4.69, 9.17) is 0 Å². The van der Waals surface area contributed by atoms with E-state index < -0.39 is 0 Å². The monoisotopic (exact) mass is 461 g/mol. The molecule has 1 saturated heterocycles. The number of likely N-dealkylation sites (tertiary alicyclic amines) is 1. The lowest BCUT2D eigenvalue weighted by atomic mass is 9.83. The Balaban J connectivity index is 1.38. The lowest BCUT2D eigenvalue weighted by Gasteiger charge is -2.27. The molecule has 0 aromatic heterocycles. The average Bonchev–Trinajstić information content (AvgIpc) is 3.63. The highest BCUT2D eigenvalue weighted by atomic mass is 15.1. The zero-order valence-corrected chi connectivity index (χ0v) is 21.4. The van der Waals surface area contributed by atoms with Gasteiger partial charge >= 0.3 is 0 Å². The zero-order valence-electron chi connectivity index (χ0n) is 21.4. The molecule has 4 aliphatic rings. The van der Waals surface area contributed by atoms with Crippen molar-refractivity contribution in [2.45, 2.75) is 83.5 Å². The van der Waals surface area contributed by atoms with Crippen molar-refractivity contribution in [1.82, 2.24) is 4.90 Å². The van der Waals surface area contributed by atoms with E-state index in [0.717, 1.165) is 6.42 Å². The van der Waals surface area contributed by atoms with Gasteiger partial charge in [0.2, 0.25) is 0 Å². The van der Waals surface area contributed by atoms with Crippen LogP contribution < -0.4 is 0 Å². The summed E-state index contributed by atoms with van der Waals surface area (Å²) in [5.41, 5.74) is 15.5. The Bertz CT molecular complexity index is 1320. The summed E-state index contributed by atoms with van der Waals surface area (Å²) in [5, 5.41) is 3.08. The molecule has 0 bridgehead atoms. The Morgan fingerprint density at radius 3 is 2.17 bits per heavy atom. The van der Waals surface area contributed by atoms with Crippen molar-refractivity contribution < 1.29 is 0 Å². The van der Waals surface area contributed by atoms with Gasteiger partial charge in [0.25, 0.3) is 0 Å². The van der Waals surface area contributed by atoms with Gasteiger partial charge in [0, 0.05) is 0 Å². The summed E-state index contributed by atoms with van der Waals surface area (Å²) in [7, 11) is 0. The molecular weight excluding hydrogens is 422 g/mol. The normalized spacial score (nSPS) is 19.4. The van der Waals surface area contributed by atoms with Crippen molar-refractivity contribution in [3.05, 3.63) is 75.9 Å². The van der Waals surface area contributed by atoms with Crippen molar-refractivity contribution in [3.8, 4) is 11.1 Å². The van der Waals surface area contributed by atoms with Crippen LogP contribution in [0.25, 0.3) is 27.5 Å². The standard InChI is InChI=1S/C34H39N/c1-23-13-16-30-29(12-7-19-35-17-3-2-4-18-35)31-21-26-10-6-11-27(26)22-32(31)34(33(23)30)28-15-14-24-8-5-9-25(24)20-28/h14-15,20-22H,1-13,16-19H2. The molecule has 0 saturated carbocycles. The second kappa shape index (κ2) is 8.93. The molecule has 1 fully saturated rings. The predicted molar refractivity (Wildman–Crippen MR) is 149 cm³/mol. The van der Waals surface area contributed by atoms with Gasteiger partial charge in [-0.2, -0.15) is 0 Å².